The Hall–Kier alpha value is -4.10. The molecule has 8 heteroatoms. The summed E-state index contributed by atoms with van der Waals surface area (Å²) < 4.78 is 10.9. The van der Waals surface area contributed by atoms with Gasteiger partial charge in [-0.3, -0.25) is 10.1 Å². The Morgan fingerprint density at radius 1 is 1.00 bits per heavy atom. The molecule has 0 aliphatic heterocycles. The number of amides is 1. The molecule has 2 N–H and O–H groups in total. The van der Waals surface area contributed by atoms with E-state index in [9.17, 15) is 9.59 Å². The number of ether oxygens (including phenoxy) is 1. The van der Waals surface area contributed by atoms with E-state index in [0.717, 1.165) is 22.3 Å². The Morgan fingerprint density at radius 3 is 2.25 bits per heavy atom. The van der Waals surface area contributed by atoms with Gasteiger partial charge in [0.25, 0.3) is 0 Å². The average Bonchev–Trinajstić information content (AvgIpc) is 3.20. The van der Waals surface area contributed by atoms with E-state index < -0.39 is 18.2 Å². The molecule has 184 valence electrons. The van der Waals surface area contributed by atoms with Crippen molar-refractivity contribution in [3.05, 3.63) is 106 Å². The van der Waals surface area contributed by atoms with E-state index in [0.29, 0.717) is 34.1 Å². The Balaban J connectivity index is 1.43. The number of hydrogen-bond donors (Lipinski definition) is 2. The van der Waals surface area contributed by atoms with Crippen LogP contribution in [0.4, 0.5) is 10.5 Å². The second-order valence-electron chi connectivity index (χ2n) is 8.42. The molecule has 0 aliphatic carbocycles. The molecule has 1 aromatic heterocycles. The van der Waals surface area contributed by atoms with Crippen LogP contribution >= 0.6 is 11.6 Å². The van der Waals surface area contributed by atoms with Crippen LogP contribution in [0.5, 0.6) is 0 Å². The summed E-state index contributed by atoms with van der Waals surface area (Å²) in [4.78, 5) is 23.5. The summed E-state index contributed by atoms with van der Waals surface area (Å²) in [6.45, 7) is 3.46. The van der Waals surface area contributed by atoms with Gasteiger partial charge >= 0.3 is 12.1 Å². The molecule has 0 aliphatic rings. The van der Waals surface area contributed by atoms with Gasteiger partial charge in [0.2, 0.25) is 0 Å². The van der Waals surface area contributed by atoms with Crippen molar-refractivity contribution >= 4 is 29.4 Å². The Bertz CT molecular complexity index is 1360. The Morgan fingerprint density at radius 2 is 1.61 bits per heavy atom. The van der Waals surface area contributed by atoms with Crippen LogP contribution in [-0.2, 0) is 22.4 Å². The van der Waals surface area contributed by atoms with Gasteiger partial charge in [0.05, 0.1) is 6.42 Å². The number of carbonyl (C=O) groups excluding carboxylic acids is 1. The van der Waals surface area contributed by atoms with Crippen molar-refractivity contribution in [2.45, 2.75) is 32.8 Å². The number of carboxylic acid groups (broad SMARTS) is 1. The zero-order chi connectivity index (χ0) is 25.7. The van der Waals surface area contributed by atoms with Crippen molar-refractivity contribution in [1.29, 1.82) is 0 Å². The third kappa shape index (κ3) is 6.12. The molecule has 0 fully saturated rings. The van der Waals surface area contributed by atoms with E-state index in [1.54, 1.807) is 19.9 Å². The minimum atomic E-state index is -0.848. The zero-order valence-electron chi connectivity index (χ0n) is 19.8. The number of rotatable bonds is 8. The number of carboxylic acids is 1. The average molecular weight is 505 g/mol. The number of hydrogen-bond acceptors (Lipinski definition) is 5. The van der Waals surface area contributed by atoms with Gasteiger partial charge in [-0.1, -0.05) is 83.5 Å². The summed E-state index contributed by atoms with van der Waals surface area (Å²) in [5, 5.41) is 16.3. The second kappa shape index (κ2) is 11.1. The molecule has 0 spiro atoms. The summed E-state index contributed by atoms with van der Waals surface area (Å²) in [6, 6.07) is 22.5. The first-order valence-corrected chi connectivity index (χ1v) is 11.7. The summed E-state index contributed by atoms with van der Waals surface area (Å²) in [5.41, 5.74) is 5.35. The molecule has 1 unspecified atom stereocenters. The van der Waals surface area contributed by atoms with Gasteiger partial charge in [-0.2, -0.15) is 0 Å². The molecule has 1 heterocycles. The van der Waals surface area contributed by atoms with E-state index in [1.165, 1.54) is 0 Å². The number of aliphatic carboxylic acids is 1. The minimum Gasteiger partial charge on any atom is -0.481 e. The number of aryl methyl sites for hydroxylation is 1. The molecule has 4 aromatic rings. The number of anilines is 1. The molecule has 0 saturated heterocycles. The van der Waals surface area contributed by atoms with Crippen molar-refractivity contribution in [1.82, 2.24) is 5.16 Å². The maximum absolute atomic E-state index is 12.6. The van der Waals surface area contributed by atoms with Crippen molar-refractivity contribution < 1.29 is 24.0 Å². The van der Waals surface area contributed by atoms with Gasteiger partial charge in [-0.15, -0.1) is 0 Å². The molecule has 0 radical (unpaired) electrons. The molecule has 0 bridgehead atoms. The van der Waals surface area contributed by atoms with Crippen LogP contribution in [0.25, 0.3) is 11.3 Å². The van der Waals surface area contributed by atoms with E-state index in [-0.39, 0.29) is 6.42 Å². The smallest absolute Gasteiger partial charge is 0.412 e. The van der Waals surface area contributed by atoms with E-state index in [1.807, 2.05) is 66.7 Å². The van der Waals surface area contributed by atoms with Crippen molar-refractivity contribution in [2.24, 2.45) is 0 Å². The van der Waals surface area contributed by atoms with Gasteiger partial charge in [0, 0.05) is 16.1 Å². The predicted molar refractivity (Wildman–Crippen MR) is 137 cm³/mol. The van der Waals surface area contributed by atoms with Gasteiger partial charge in [0.1, 0.15) is 17.5 Å². The van der Waals surface area contributed by atoms with Crippen LogP contribution in [0.15, 0.2) is 77.3 Å². The maximum atomic E-state index is 12.6. The van der Waals surface area contributed by atoms with Gasteiger partial charge in [-0.05, 0) is 43.0 Å². The third-order valence-corrected chi connectivity index (χ3v) is 6.07. The maximum Gasteiger partial charge on any atom is 0.412 e. The van der Waals surface area contributed by atoms with Crippen LogP contribution < -0.4 is 5.32 Å². The first-order valence-electron chi connectivity index (χ1n) is 11.4. The predicted octanol–water partition coefficient (Wildman–Crippen LogP) is 6.83. The number of nitrogens with zero attached hydrogens (tertiary/aromatic N) is 1. The number of nitrogens with one attached hydrogen (secondary N) is 1. The number of benzene rings is 3. The van der Waals surface area contributed by atoms with E-state index in [2.05, 4.69) is 10.5 Å². The normalized spacial score (nSPS) is 11.6. The first kappa shape index (κ1) is 25.0. The highest BCUT2D eigenvalue weighted by Gasteiger charge is 2.20. The third-order valence-electron chi connectivity index (χ3n) is 5.73. The van der Waals surface area contributed by atoms with Crippen molar-refractivity contribution in [3.63, 3.8) is 0 Å². The summed E-state index contributed by atoms with van der Waals surface area (Å²) in [7, 11) is 0. The summed E-state index contributed by atoms with van der Waals surface area (Å²) in [6.07, 6.45) is -0.477. The zero-order valence-corrected chi connectivity index (χ0v) is 20.6. The summed E-state index contributed by atoms with van der Waals surface area (Å²) in [5.74, 6) is -0.392. The lowest BCUT2D eigenvalue weighted by atomic mass is 10.0. The number of halogens is 1. The van der Waals surface area contributed by atoms with E-state index >= 15 is 0 Å². The minimum absolute atomic E-state index is 0.00885. The highest BCUT2D eigenvalue weighted by atomic mass is 35.5. The Labute approximate surface area is 213 Å². The molecule has 4 rings (SSSR count). The second-order valence-corrected chi connectivity index (χ2v) is 8.82. The molecular weight excluding hydrogens is 480 g/mol. The van der Waals surface area contributed by atoms with Crippen molar-refractivity contribution in [2.75, 3.05) is 5.32 Å². The molecule has 0 saturated carbocycles. The quantitative estimate of drug-likeness (QED) is 0.272. The van der Waals surface area contributed by atoms with Crippen LogP contribution in [0.1, 0.15) is 41.0 Å². The number of carbonyl (C=O) groups is 2. The van der Waals surface area contributed by atoms with Crippen LogP contribution in [0, 0.1) is 6.92 Å². The van der Waals surface area contributed by atoms with Gasteiger partial charge < -0.3 is 14.4 Å². The molecule has 1 amide bonds. The highest BCUT2D eigenvalue weighted by Crippen LogP contribution is 2.31. The molecular formula is C28H25ClN2O5. The fourth-order valence-electron chi connectivity index (χ4n) is 3.84. The monoisotopic (exact) mass is 504 g/mol. The lowest BCUT2D eigenvalue weighted by Crippen LogP contribution is -2.17. The first-order chi connectivity index (χ1) is 17.3. The summed E-state index contributed by atoms with van der Waals surface area (Å²) >= 11 is 6.21. The SMILES string of the molecule is Cc1onc(-c2ccc(Cc3ccc(CC(=O)O)cc3)cc2)c1NC(=O)OC(C)c1ccccc1Cl. The molecule has 36 heavy (non-hydrogen) atoms. The van der Waals surface area contributed by atoms with Crippen molar-refractivity contribution in [3.8, 4) is 11.3 Å². The topological polar surface area (TPSA) is 102 Å². The number of aromatic nitrogens is 1. The van der Waals surface area contributed by atoms with Gasteiger partial charge in [-0.25, -0.2) is 4.79 Å². The van der Waals surface area contributed by atoms with Gasteiger partial charge in [0.15, 0.2) is 5.76 Å². The highest BCUT2D eigenvalue weighted by molar-refractivity contribution is 6.31. The van der Waals surface area contributed by atoms with Crippen LogP contribution in [-0.4, -0.2) is 22.3 Å². The lowest BCUT2D eigenvalue weighted by Gasteiger charge is -2.15. The molecule has 3 aromatic carbocycles. The van der Waals surface area contributed by atoms with Crippen LogP contribution in [0.2, 0.25) is 5.02 Å². The fourth-order valence-corrected chi connectivity index (χ4v) is 4.13. The molecule has 1 atom stereocenters. The van der Waals surface area contributed by atoms with Crippen LogP contribution in [0.3, 0.4) is 0 Å². The molecule has 7 nitrogen and oxygen atoms in total. The Kier molecular flexibility index (Phi) is 7.71. The largest absolute Gasteiger partial charge is 0.481 e. The fraction of sp³-hybridized carbons (Fsp3) is 0.179. The van der Waals surface area contributed by atoms with E-state index in [4.69, 9.17) is 26.0 Å². The standard InChI is InChI=1S/C28H25ClN2O5/c1-17(23-5-3-4-6-24(23)29)35-28(34)30-26-18(2)36-31-27(26)22-13-11-20(12-14-22)15-19-7-9-21(10-8-19)16-25(32)33/h3-14,17H,15-16H2,1-2H3,(H,30,34)(H,32,33). The lowest BCUT2D eigenvalue weighted by molar-refractivity contribution is -0.136.